The van der Waals surface area contributed by atoms with Crippen LogP contribution in [0.1, 0.15) is 30.0 Å². The molecule has 0 aromatic heterocycles. The fourth-order valence-corrected chi connectivity index (χ4v) is 4.08. The lowest BCUT2D eigenvalue weighted by Gasteiger charge is -2.04. The van der Waals surface area contributed by atoms with Gasteiger partial charge in [0.2, 0.25) is 0 Å². The Hall–Kier alpha value is -0.860. The average molecular weight is 288 g/mol. The number of hydrogen-bond donors (Lipinski definition) is 0. The van der Waals surface area contributed by atoms with Crippen LogP contribution in [0, 0.1) is 0 Å². The zero-order valence-corrected chi connectivity index (χ0v) is 13.0. The van der Waals surface area contributed by atoms with Crippen molar-refractivity contribution in [2.24, 2.45) is 0 Å². The van der Waals surface area contributed by atoms with Crippen LogP contribution in [0.25, 0.3) is 0 Å². The maximum atomic E-state index is 2.35. The molecule has 0 aliphatic heterocycles. The van der Waals surface area contributed by atoms with E-state index in [2.05, 4.69) is 61.5 Å². The van der Waals surface area contributed by atoms with Crippen molar-refractivity contribution in [1.82, 2.24) is 0 Å². The Labute approximate surface area is 124 Å². The minimum Gasteiger partial charge on any atom is -0.0890 e. The van der Waals surface area contributed by atoms with E-state index in [1.165, 1.54) is 29.5 Å². The molecule has 0 unspecified atom stereocenters. The number of benzene rings is 2. The summed E-state index contributed by atoms with van der Waals surface area (Å²) in [5.41, 5.74) is 4.31. The summed E-state index contributed by atoms with van der Waals surface area (Å²) in [6.07, 6.45) is 2.41. The first kappa shape index (κ1) is 14.5. The summed E-state index contributed by atoms with van der Waals surface area (Å²) >= 11 is 0. The largest absolute Gasteiger partial charge is 0.0890 e. The van der Waals surface area contributed by atoms with Crippen LogP contribution in [0.15, 0.2) is 54.6 Å². The van der Waals surface area contributed by atoms with Gasteiger partial charge in [-0.3, -0.25) is 0 Å². The van der Waals surface area contributed by atoms with Gasteiger partial charge in [-0.15, -0.1) is 0 Å². The van der Waals surface area contributed by atoms with E-state index in [0.29, 0.717) is 0 Å². The summed E-state index contributed by atoms with van der Waals surface area (Å²) in [5, 5.41) is 0. The lowest BCUT2D eigenvalue weighted by Crippen LogP contribution is -1.86. The Morgan fingerprint density at radius 2 is 1.37 bits per heavy atom. The third-order valence-electron chi connectivity index (χ3n) is 2.91. The Morgan fingerprint density at radius 1 is 0.737 bits per heavy atom. The summed E-state index contributed by atoms with van der Waals surface area (Å²) in [6, 6.07) is 19.7. The Bertz CT molecular complexity index is 480. The molecule has 0 radical (unpaired) electrons. The average Bonchev–Trinajstić information content (AvgIpc) is 2.46. The zero-order chi connectivity index (χ0) is 13.3. The van der Waals surface area contributed by atoms with Crippen molar-refractivity contribution >= 4 is 21.6 Å². The van der Waals surface area contributed by atoms with Gasteiger partial charge in [0, 0.05) is 11.5 Å². The van der Waals surface area contributed by atoms with Crippen molar-refractivity contribution in [2.45, 2.75) is 31.3 Å². The monoisotopic (exact) mass is 288 g/mol. The molecule has 0 spiro atoms. The molecule has 0 saturated heterocycles. The fourth-order valence-electron chi connectivity index (χ4n) is 1.96. The van der Waals surface area contributed by atoms with E-state index in [1.54, 1.807) is 0 Å². The summed E-state index contributed by atoms with van der Waals surface area (Å²) in [7, 11) is 3.88. The molecule has 0 aliphatic carbocycles. The number of hydrogen-bond acceptors (Lipinski definition) is 2. The van der Waals surface area contributed by atoms with Crippen LogP contribution in [0.4, 0.5) is 0 Å². The molecule has 2 aromatic carbocycles. The Morgan fingerprint density at radius 3 is 2.11 bits per heavy atom. The molecule has 0 amide bonds. The normalized spacial score (nSPS) is 10.6. The molecule has 2 aromatic rings. The predicted octanol–water partition coefficient (Wildman–Crippen LogP) is 5.72. The molecule has 0 saturated carbocycles. The van der Waals surface area contributed by atoms with Gasteiger partial charge in [0.05, 0.1) is 0 Å². The van der Waals surface area contributed by atoms with Gasteiger partial charge < -0.3 is 0 Å². The van der Waals surface area contributed by atoms with Gasteiger partial charge in [0.1, 0.15) is 0 Å². The van der Waals surface area contributed by atoms with E-state index in [-0.39, 0.29) is 0 Å². The lowest BCUT2D eigenvalue weighted by atomic mass is 10.1. The fraction of sp³-hybridized carbons (Fsp3) is 0.294. The molecule has 19 heavy (non-hydrogen) atoms. The summed E-state index contributed by atoms with van der Waals surface area (Å²) < 4.78 is 0. The topological polar surface area (TPSA) is 0 Å². The van der Waals surface area contributed by atoms with Crippen LogP contribution < -0.4 is 0 Å². The van der Waals surface area contributed by atoms with E-state index in [1.807, 2.05) is 21.6 Å². The van der Waals surface area contributed by atoms with Crippen LogP contribution in [0.5, 0.6) is 0 Å². The van der Waals surface area contributed by atoms with Gasteiger partial charge in [-0.2, -0.15) is 0 Å². The molecule has 0 bridgehead atoms. The summed E-state index contributed by atoms with van der Waals surface area (Å²) in [4.78, 5) is 0. The van der Waals surface area contributed by atoms with Crippen LogP contribution in [-0.4, -0.2) is 0 Å². The van der Waals surface area contributed by atoms with Crippen molar-refractivity contribution in [1.29, 1.82) is 0 Å². The number of rotatable bonds is 7. The van der Waals surface area contributed by atoms with E-state index < -0.39 is 0 Å². The van der Waals surface area contributed by atoms with Crippen molar-refractivity contribution < 1.29 is 0 Å². The predicted molar refractivity (Wildman–Crippen MR) is 89.5 cm³/mol. The first-order valence-electron chi connectivity index (χ1n) is 6.74. The molecular formula is C17H20S2. The molecule has 0 heterocycles. The zero-order valence-electron chi connectivity index (χ0n) is 11.3. The first-order chi connectivity index (χ1) is 9.38. The maximum Gasteiger partial charge on any atom is 0.0288 e. The van der Waals surface area contributed by atoms with E-state index in [4.69, 9.17) is 0 Å². The second-order valence-corrected chi connectivity index (χ2v) is 7.04. The molecule has 0 nitrogen and oxygen atoms in total. The summed E-state index contributed by atoms with van der Waals surface area (Å²) in [5.74, 6) is 2.18. The molecule has 100 valence electrons. The van der Waals surface area contributed by atoms with Crippen LogP contribution in [0.2, 0.25) is 0 Å². The smallest absolute Gasteiger partial charge is 0.0288 e. The van der Waals surface area contributed by atoms with Crippen LogP contribution >= 0.6 is 21.6 Å². The molecule has 2 heteroatoms. The minimum atomic E-state index is 1.08. The third-order valence-corrected chi connectivity index (χ3v) is 5.18. The van der Waals surface area contributed by atoms with Gasteiger partial charge in [-0.05, 0) is 23.1 Å². The molecule has 0 fully saturated rings. The van der Waals surface area contributed by atoms with Gasteiger partial charge >= 0.3 is 0 Å². The van der Waals surface area contributed by atoms with Gasteiger partial charge in [0.15, 0.2) is 0 Å². The molecular weight excluding hydrogens is 268 g/mol. The van der Waals surface area contributed by atoms with Crippen molar-refractivity contribution in [3.05, 3.63) is 71.3 Å². The highest BCUT2D eigenvalue weighted by molar-refractivity contribution is 8.76. The van der Waals surface area contributed by atoms with Gasteiger partial charge in [-0.25, -0.2) is 0 Å². The number of aryl methyl sites for hydroxylation is 1. The quantitative estimate of drug-likeness (QED) is 0.472. The SMILES string of the molecule is CCCc1cccc(CSSCc2ccccc2)c1. The Balaban J connectivity index is 1.75. The lowest BCUT2D eigenvalue weighted by molar-refractivity contribution is 0.920. The molecule has 0 N–H and O–H groups in total. The van der Waals surface area contributed by atoms with Gasteiger partial charge in [0.25, 0.3) is 0 Å². The highest BCUT2D eigenvalue weighted by Crippen LogP contribution is 2.29. The standard InChI is InChI=1S/C17H20S2/c1-2-7-15-10-6-11-17(12-15)14-19-18-13-16-8-4-3-5-9-16/h3-6,8-12H,2,7,13-14H2,1H3. The molecule has 2 rings (SSSR count). The Kier molecular flexibility index (Phi) is 6.38. The van der Waals surface area contributed by atoms with E-state index in [9.17, 15) is 0 Å². The highest BCUT2D eigenvalue weighted by atomic mass is 33.1. The maximum absolute atomic E-state index is 2.35. The van der Waals surface area contributed by atoms with E-state index in [0.717, 1.165) is 11.5 Å². The van der Waals surface area contributed by atoms with Crippen molar-refractivity contribution in [2.75, 3.05) is 0 Å². The summed E-state index contributed by atoms with van der Waals surface area (Å²) in [6.45, 7) is 2.23. The van der Waals surface area contributed by atoms with Gasteiger partial charge in [-0.1, -0.05) is 89.5 Å². The van der Waals surface area contributed by atoms with Crippen molar-refractivity contribution in [3.8, 4) is 0 Å². The van der Waals surface area contributed by atoms with Crippen LogP contribution in [-0.2, 0) is 17.9 Å². The third kappa shape index (κ3) is 5.33. The highest BCUT2D eigenvalue weighted by Gasteiger charge is 1.98. The second-order valence-electron chi connectivity index (χ2n) is 4.58. The molecule has 0 aliphatic rings. The van der Waals surface area contributed by atoms with E-state index >= 15 is 0 Å². The second kappa shape index (κ2) is 8.34. The molecule has 0 atom stereocenters. The van der Waals surface area contributed by atoms with Crippen LogP contribution in [0.3, 0.4) is 0 Å². The minimum absolute atomic E-state index is 1.08. The first-order valence-corrected chi connectivity index (χ1v) is 9.23. The van der Waals surface area contributed by atoms with Crippen molar-refractivity contribution in [3.63, 3.8) is 0 Å².